The Morgan fingerprint density at radius 1 is 1.25 bits per heavy atom. The number of nitro groups is 1. The van der Waals surface area contributed by atoms with Gasteiger partial charge in [0.2, 0.25) is 0 Å². The van der Waals surface area contributed by atoms with Crippen molar-refractivity contribution in [1.82, 2.24) is 0 Å². The van der Waals surface area contributed by atoms with E-state index in [-0.39, 0.29) is 5.88 Å². The van der Waals surface area contributed by atoms with Crippen molar-refractivity contribution in [1.29, 1.82) is 0 Å². The van der Waals surface area contributed by atoms with E-state index in [0.717, 1.165) is 30.7 Å². The smallest absolute Gasteiger partial charge is 0.400 e. The zero-order valence-corrected chi connectivity index (χ0v) is 10.1. The highest BCUT2D eigenvalue weighted by molar-refractivity contribution is 5.17. The molecule has 90 valence electrons. The van der Waals surface area contributed by atoms with Crippen molar-refractivity contribution >= 4 is 5.88 Å². The van der Waals surface area contributed by atoms with Crippen LogP contribution in [0.25, 0.3) is 0 Å². The topological polar surface area (TPSA) is 56.3 Å². The first-order valence-corrected chi connectivity index (χ1v) is 5.65. The molecule has 5 heteroatoms. The third kappa shape index (κ3) is 2.61. The molecule has 16 heavy (non-hydrogen) atoms. The first-order valence-electron chi connectivity index (χ1n) is 5.65. The average Bonchev–Trinajstić information content (AvgIpc) is 2.74. The van der Waals surface area contributed by atoms with Gasteiger partial charge in [0.25, 0.3) is 0 Å². The normalized spacial score (nSPS) is 11.7. The van der Waals surface area contributed by atoms with Crippen LogP contribution in [0.1, 0.15) is 26.5 Å². The largest absolute Gasteiger partial charge is 0.433 e. The lowest BCUT2D eigenvalue weighted by Crippen LogP contribution is -2.46. The predicted molar refractivity (Wildman–Crippen MR) is 60.9 cm³/mol. The van der Waals surface area contributed by atoms with E-state index in [9.17, 15) is 10.1 Å². The summed E-state index contributed by atoms with van der Waals surface area (Å²) in [6, 6.07) is 3.12. The average molecular weight is 227 g/mol. The third-order valence-electron chi connectivity index (χ3n) is 3.33. The highest BCUT2D eigenvalue weighted by atomic mass is 16.6. The molecule has 0 radical (unpaired) electrons. The molecule has 0 spiro atoms. The van der Waals surface area contributed by atoms with Crippen LogP contribution in [0.5, 0.6) is 0 Å². The zero-order valence-electron chi connectivity index (χ0n) is 10.1. The molecule has 0 fully saturated rings. The van der Waals surface area contributed by atoms with Gasteiger partial charge in [-0.2, -0.15) is 0 Å². The minimum absolute atomic E-state index is 0.170. The molecule has 0 N–H and O–H groups in total. The van der Waals surface area contributed by atoms with Crippen LogP contribution < -0.4 is 0 Å². The summed E-state index contributed by atoms with van der Waals surface area (Å²) in [6.45, 7) is 10.1. The Morgan fingerprint density at radius 2 is 1.81 bits per heavy atom. The Kier molecular flexibility index (Phi) is 4.06. The molecule has 0 amide bonds. The number of hydrogen-bond donors (Lipinski definition) is 0. The molecule has 0 saturated heterocycles. The monoisotopic (exact) mass is 227 g/mol. The Morgan fingerprint density at radius 3 is 2.19 bits per heavy atom. The van der Waals surface area contributed by atoms with Crippen LogP contribution in [0, 0.1) is 10.1 Å². The van der Waals surface area contributed by atoms with Crippen LogP contribution in [-0.2, 0) is 6.54 Å². The molecule has 1 heterocycles. The van der Waals surface area contributed by atoms with Crippen LogP contribution in [0.4, 0.5) is 5.88 Å². The second-order valence-electron chi connectivity index (χ2n) is 3.95. The molecule has 1 aromatic heterocycles. The van der Waals surface area contributed by atoms with Gasteiger partial charge in [-0.25, -0.2) is 0 Å². The standard InChI is InChI=1S/C11H19N2O3/c1-4-13(5-2,6-3)9-10-7-8-11(16-10)12(14)15/h7-8H,4-6,9H2,1-3H3/q+1. The number of hydrogen-bond acceptors (Lipinski definition) is 3. The molecule has 0 aliphatic heterocycles. The van der Waals surface area contributed by atoms with Crippen LogP contribution >= 0.6 is 0 Å². The van der Waals surface area contributed by atoms with Gasteiger partial charge in [0.15, 0.2) is 5.76 Å². The van der Waals surface area contributed by atoms with Gasteiger partial charge in [0.1, 0.15) is 11.5 Å². The van der Waals surface area contributed by atoms with Crippen LogP contribution in [0.3, 0.4) is 0 Å². The maximum absolute atomic E-state index is 10.5. The summed E-state index contributed by atoms with van der Waals surface area (Å²) in [5, 5.41) is 10.5. The van der Waals surface area contributed by atoms with Gasteiger partial charge in [0.05, 0.1) is 25.7 Å². The molecule has 0 aromatic carbocycles. The Bertz CT molecular complexity index is 348. The summed E-state index contributed by atoms with van der Waals surface area (Å²) in [4.78, 5) is 10.00. The molecule has 1 rings (SSSR count). The lowest BCUT2D eigenvalue weighted by Gasteiger charge is -2.34. The van der Waals surface area contributed by atoms with E-state index in [0.29, 0.717) is 5.76 Å². The highest BCUT2D eigenvalue weighted by Gasteiger charge is 2.24. The van der Waals surface area contributed by atoms with Crippen molar-refractivity contribution in [3.05, 3.63) is 28.0 Å². The van der Waals surface area contributed by atoms with Gasteiger partial charge in [-0.15, -0.1) is 0 Å². The second kappa shape index (κ2) is 5.12. The fourth-order valence-corrected chi connectivity index (χ4v) is 1.89. The maximum Gasteiger partial charge on any atom is 0.433 e. The number of nitrogens with zero attached hydrogens (tertiary/aromatic N) is 2. The minimum atomic E-state index is -0.498. The first kappa shape index (κ1) is 12.7. The first-order chi connectivity index (χ1) is 7.56. The Balaban J connectivity index is 2.81. The molecule has 0 bridgehead atoms. The van der Waals surface area contributed by atoms with Crippen molar-refractivity contribution in [2.45, 2.75) is 27.3 Å². The van der Waals surface area contributed by atoms with Crippen molar-refractivity contribution in [3.8, 4) is 0 Å². The molecule has 0 unspecified atom stereocenters. The zero-order chi connectivity index (χ0) is 12.2. The van der Waals surface area contributed by atoms with Gasteiger partial charge in [-0.1, -0.05) is 0 Å². The van der Waals surface area contributed by atoms with Crippen LogP contribution in [0.2, 0.25) is 0 Å². The number of furan rings is 1. The molecule has 5 nitrogen and oxygen atoms in total. The van der Waals surface area contributed by atoms with E-state index in [1.807, 2.05) is 0 Å². The number of quaternary nitrogens is 1. The third-order valence-corrected chi connectivity index (χ3v) is 3.33. The Hall–Kier alpha value is -1.36. The molecular formula is C11H19N2O3+. The van der Waals surface area contributed by atoms with Crippen molar-refractivity contribution in [2.75, 3.05) is 19.6 Å². The number of rotatable bonds is 6. The fourth-order valence-electron chi connectivity index (χ4n) is 1.89. The summed E-state index contributed by atoms with van der Waals surface area (Å²) >= 11 is 0. The molecule has 0 aliphatic rings. The van der Waals surface area contributed by atoms with E-state index in [4.69, 9.17) is 4.42 Å². The fraction of sp³-hybridized carbons (Fsp3) is 0.636. The minimum Gasteiger partial charge on any atom is -0.400 e. The summed E-state index contributed by atoms with van der Waals surface area (Å²) in [6.07, 6.45) is 0. The maximum atomic E-state index is 10.5. The Labute approximate surface area is 95.4 Å². The predicted octanol–water partition coefficient (Wildman–Crippen LogP) is 2.56. The van der Waals surface area contributed by atoms with Crippen molar-refractivity contribution in [3.63, 3.8) is 0 Å². The van der Waals surface area contributed by atoms with E-state index >= 15 is 0 Å². The molecule has 0 atom stereocenters. The molecule has 1 aromatic rings. The highest BCUT2D eigenvalue weighted by Crippen LogP contribution is 2.20. The molecule has 0 saturated carbocycles. The van der Waals surface area contributed by atoms with Gasteiger partial charge >= 0.3 is 5.88 Å². The van der Waals surface area contributed by atoms with Gasteiger partial charge in [0, 0.05) is 0 Å². The van der Waals surface area contributed by atoms with Crippen molar-refractivity contribution < 1.29 is 13.8 Å². The second-order valence-corrected chi connectivity index (χ2v) is 3.95. The molecular weight excluding hydrogens is 208 g/mol. The van der Waals surface area contributed by atoms with E-state index < -0.39 is 4.92 Å². The summed E-state index contributed by atoms with van der Waals surface area (Å²) in [5.41, 5.74) is 0. The lowest BCUT2D eigenvalue weighted by atomic mass is 10.3. The van der Waals surface area contributed by atoms with E-state index in [1.165, 1.54) is 6.07 Å². The van der Waals surface area contributed by atoms with Gasteiger partial charge in [-0.05, 0) is 26.8 Å². The lowest BCUT2D eigenvalue weighted by molar-refractivity contribution is -0.937. The van der Waals surface area contributed by atoms with Crippen molar-refractivity contribution in [2.24, 2.45) is 0 Å². The quantitative estimate of drug-likeness (QED) is 0.426. The van der Waals surface area contributed by atoms with Crippen LogP contribution in [-0.4, -0.2) is 29.0 Å². The summed E-state index contributed by atoms with van der Waals surface area (Å²) < 4.78 is 6.08. The van der Waals surface area contributed by atoms with Gasteiger partial charge < -0.3 is 8.90 Å². The van der Waals surface area contributed by atoms with Gasteiger partial charge in [-0.3, -0.25) is 10.1 Å². The summed E-state index contributed by atoms with van der Waals surface area (Å²) in [7, 11) is 0. The van der Waals surface area contributed by atoms with E-state index in [1.54, 1.807) is 6.07 Å². The summed E-state index contributed by atoms with van der Waals surface area (Å²) in [5.74, 6) is 0.522. The molecule has 0 aliphatic carbocycles. The van der Waals surface area contributed by atoms with Crippen LogP contribution in [0.15, 0.2) is 16.5 Å². The van der Waals surface area contributed by atoms with E-state index in [2.05, 4.69) is 20.8 Å². The SMILES string of the molecule is CC[N+](CC)(CC)Cc1ccc([N+](=O)[O-])o1.